The van der Waals surface area contributed by atoms with Gasteiger partial charge in [-0.2, -0.15) is 0 Å². The SMILES string of the molecule is Cc1ccncc1C1C(N)CCCCN1C(C)C. The maximum absolute atomic E-state index is 6.44. The minimum atomic E-state index is 0.220. The molecule has 3 heteroatoms. The molecule has 2 unspecified atom stereocenters. The highest BCUT2D eigenvalue weighted by Gasteiger charge is 2.31. The van der Waals surface area contributed by atoms with E-state index in [1.165, 1.54) is 24.0 Å². The van der Waals surface area contributed by atoms with E-state index in [1.807, 2.05) is 12.4 Å². The van der Waals surface area contributed by atoms with Crippen molar-refractivity contribution in [3.8, 4) is 0 Å². The van der Waals surface area contributed by atoms with E-state index in [2.05, 4.69) is 36.7 Å². The number of aromatic nitrogens is 1. The fourth-order valence-corrected chi connectivity index (χ4v) is 2.99. The second-order valence-electron chi connectivity index (χ2n) is 5.67. The van der Waals surface area contributed by atoms with E-state index in [4.69, 9.17) is 5.73 Å². The van der Waals surface area contributed by atoms with Crippen molar-refractivity contribution in [3.63, 3.8) is 0 Å². The zero-order valence-electron chi connectivity index (χ0n) is 11.8. The van der Waals surface area contributed by atoms with E-state index in [-0.39, 0.29) is 6.04 Å². The number of hydrogen-bond donors (Lipinski definition) is 1. The van der Waals surface area contributed by atoms with Crippen LogP contribution in [0.15, 0.2) is 18.5 Å². The van der Waals surface area contributed by atoms with Gasteiger partial charge in [0.1, 0.15) is 0 Å². The minimum Gasteiger partial charge on any atom is -0.326 e. The monoisotopic (exact) mass is 247 g/mol. The summed E-state index contributed by atoms with van der Waals surface area (Å²) in [7, 11) is 0. The van der Waals surface area contributed by atoms with Crippen LogP contribution in [0.3, 0.4) is 0 Å². The molecule has 1 aromatic heterocycles. The van der Waals surface area contributed by atoms with Crippen molar-refractivity contribution < 1.29 is 0 Å². The van der Waals surface area contributed by atoms with Gasteiger partial charge in [0.2, 0.25) is 0 Å². The van der Waals surface area contributed by atoms with Crippen molar-refractivity contribution in [2.24, 2.45) is 5.73 Å². The van der Waals surface area contributed by atoms with E-state index >= 15 is 0 Å². The predicted octanol–water partition coefficient (Wildman–Crippen LogP) is 2.65. The van der Waals surface area contributed by atoms with Crippen molar-refractivity contribution in [1.82, 2.24) is 9.88 Å². The van der Waals surface area contributed by atoms with E-state index in [9.17, 15) is 0 Å². The first-order valence-corrected chi connectivity index (χ1v) is 7.03. The summed E-state index contributed by atoms with van der Waals surface area (Å²) in [6, 6.07) is 3.16. The molecule has 0 aromatic carbocycles. The highest BCUT2D eigenvalue weighted by molar-refractivity contribution is 5.27. The highest BCUT2D eigenvalue weighted by Crippen LogP contribution is 2.32. The van der Waals surface area contributed by atoms with Crippen molar-refractivity contribution in [2.45, 2.75) is 58.2 Å². The summed E-state index contributed by atoms with van der Waals surface area (Å²) in [5, 5.41) is 0. The van der Waals surface area contributed by atoms with E-state index in [0.717, 1.165) is 13.0 Å². The van der Waals surface area contributed by atoms with Crippen LogP contribution < -0.4 is 5.73 Å². The molecule has 3 nitrogen and oxygen atoms in total. The molecule has 0 bridgehead atoms. The van der Waals surface area contributed by atoms with Crippen molar-refractivity contribution in [3.05, 3.63) is 29.6 Å². The molecule has 1 aromatic rings. The maximum atomic E-state index is 6.44. The first kappa shape index (κ1) is 13.5. The van der Waals surface area contributed by atoms with Crippen molar-refractivity contribution in [2.75, 3.05) is 6.54 Å². The first-order valence-electron chi connectivity index (χ1n) is 7.03. The molecule has 100 valence electrons. The predicted molar refractivity (Wildman–Crippen MR) is 75.4 cm³/mol. The van der Waals surface area contributed by atoms with Crippen LogP contribution in [-0.4, -0.2) is 28.5 Å². The fraction of sp³-hybridized carbons (Fsp3) is 0.667. The summed E-state index contributed by atoms with van der Waals surface area (Å²) in [6.45, 7) is 7.82. The second kappa shape index (κ2) is 5.81. The molecule has 0 aliphatic carbocycles. The van der Waals surface area contributed by atoms with Crippen LogP contribution in [0.5, 0.6) is 0 Å². The van der Waals surface area contributed by atoms with Gasteiger partial charge in [0, 0.05) is 24.5 Å². The van der Waals surface area contributed by atoms with Gasteiger partial charge in [-0.15, -0.1) is 0 Å². The summed E-state index contributed by atoms with van der Waals surface area (Å²) in [5.41, 5.74) is 9.05. The second-order valence-corrected chi connectivity index (χ2v) is 5.67. The van der Waals surface area contributed by atoms with Crippen LogP contribution in [0, 0.1) is 6.92 Å². The summed E-state index contributed by atoms with van der Waals surface area (Å²) < 4.78 is 0. The third-order valence-corrected chi connectivity index (χ3v) is 4.03. The van der Waals surface area contributed by atoms with Gasteiger partial charge < -0.3 is 5.73 Å². The molecular formula is C15H25N3. The Morgan fingerprint density at radius 3 is 2.83 bits per heavy atom. The third kappa shape index (κ3) is 2.73. The van der Waals surface area contributed by atoms with E-state index < -0.39 is 0 Å². The van der Waals surface area contributed by atoms with Crippen LogP contribution in [-0.2, 0) is 0 Å². The molecule has 2 atom stereocenters. The average molecular weight is 247 g/mol. The molecule has 18 heavy (non-hydrogen) atoms. The van der Waals surface area contributed by atoms with Crippen LogP contribution in [0.1, 0.15) is 50.3 Å². The van der Waals surface area contributed by atoms with Crippen LogP contribution in [0.25, 0.3) is 0 Å². The summed E-state index contributed by atoms with van der Waals surface area (Å²) in [5.74, 6) is 0. The molecule has 1 fully saturated rings. The molecule has 2 rings (SSSR count). The number of rotatable bonds is 2. The maximum Gasteiger partial charge on any atom is 0.0519 e. The number of aryl methyl sites for hydroxylation is 1. The summed E-state index contributed by atoms with van der Waals surface area (Å²) in [6.07, 6.45) is 7.46. The number of hydrogen-bond acceptors (Lipinski definition) is 3. The van der Waals surface area contributed by atoms with Crippen LogP contribution in [0.2, 0.25) is 0 Å². The topological polar surface area (TPSA) is 42.1 Å². The Balaban J connectivity index is 2.37. The summed E-state index contributed by atoms with van der Waals surface area (Å²) in [4.78, 5) is 6.84. The van der Waals surface area contributed by atoms with Gasteiger partial charge in [0.25, 0.3) is 0 Å². The molecular weight excluding hydrogens is 222 g/mol. The zero-order valence-corrected chi connectivity index (χ0v) is 11.8. The lowest BCUT2D eigenvalue weighted by atomic mass is 9.94. The van der Waals surface area contributed by atoms with E-state index in [1.54, 1.807) is 0 Å². The number of nitrogens with two attached hydrogens (primary N) is 1. The van der Waals surface area contributed by atoms with Gasteiger partial charge in [-0.1, -0.05) is 6.42 Å². The molecule has 1 saturated heterocycles. The van der Waals surface area contributed by atoms with Crippen molar-refractivity contribution in [1.29, 1.82) is 0 Å². The molecule has 0 radical (unpaired) electrons. The van der Waals surface area contributed by atoms with Crippen LogP contribution in [0.4, 0.5) is 0 Å². The Kier molecular flexibility index (Phi) is 4.36. The zero-order chi connectivity index (χ0) is 13.1. The molecule has 1 aliphatic rings. The highest BCUT2D eigenvalue weighted by atomic mass is 15.2. The molecule has 0 saturated carbocycles. The molecule has 1 aliphatic heterocycles. The molecule has 2 heterocycles. The van der Waals surface area contributed by atoms with Gasteiger partial charge in [-0.25, -0.2) is 0 Å². The Morgan fingerprint density at radius 1 is 1.39 bits per heavy atom. The normalized spacial score (nSPS) is 26.3. The first-order chi connectivity index (χ1) is 8.61. The number of pyridine rings is 1. The minimum absolute atomic E-state index is 0.220. The lowest BCUT2D eigenvalue weighted by Gasteiger charge is -2.37. The quantitative estimate of drug-likeness (QED) is 0.873. The average Bonchev–Trinajstić information content (AvgIpc) is 2.52. The van der Waals surface area contributed by atoms with Gasteiger partial charge in [-0.3, -0.25) is 9.88 Å². The Hall–Kier alpha value is -0.930. The van der Waals surface area contributed by atoms with Gasteiger partial charge >= 0.3 is 0 Å². The molecule has 0 spiro atoms. The Labute approximate surface area is 110 Å². The largest absolute Gasteiger partial charge is 0.326 e. The number of nitrogens with zero attached hydrogens (tertiary/aromatic N) is 2. The molecule has 2 N–H and O–H groups in total. The smallest absolute Gasteiger partial charge is 0.0519 e. The number of likely N-dealkylation sites (tertiary alicyclic amines) is 1. The lowest BCUT2D eigenvalue weighted by Crippen LogP contribution is -2.43. The van der Waals surface area contributed by atoms with Crippen molar-refractivity contribution >= 4 is 0 Å². The van der Waals surface area contributed by atoms with Gasteiger partial charge in [0.05, 0.1) is 6.04 Å². The van der Waals surface area contributed by atoms with Crippen LogP contribution >= 0.6 is 0 Å². The van der Waals surface area contributed by atoms with Gasteiger partial charge in [-0.05, 0) is 57.4 Å². The Morgan fingerprint density at radius 2 is 2.17 bits per heavy atom. The standard InChI is InChI=1S/C15H25N3/c1-11(2)18-9-5-4-6-14(16)15(18)13-10-17-8-7-12(13)3/h7-8,10-11,14-15H,4-6,9,16H2,1-3H3. The van der Waals surface area contributed by atoms with E-state index in [0.29, 0.717) is 12.1 Å². The Bertz CT molecular complexity index is 389. The fourth-order valence-electron chi connectivity index (χ4n) is 2.99. The lowest BCUT2D eigenvalue weighted by molar-refractivity contribution is 0.143. The third-order valence-electron chi connectivity index (χ3n) is 4.03. The van der Waals surface area contributed by atoms with Gasteiger partial charge in [0.15, 0.2) is 0 Å². The summed E-state index contributed by atoms with van der Waals surface area (Å²) >= 11 is 0. The molecule has 0 amide bonds.